The quantitative estimate of drug-likeness (QED) is 0.869. The van der Waals surface area contributed by atoms with Gasteiger partial charge in [0.1, 0.15) is 6.54 Å². The zero-order chi connectivity index (χ0) is 15.6. The molecule has 2 rings (SSSR count). The number of hydrogen-bond donors (Lipinski definition) is 1. The largest absolute Gasteiger partial charge is 0.271 e. The molecule has 0 aliphatic heterocycles. The molecule has 1 amide bonds. The third-order valence-electron chi connectivity index (χ3n) is 3.55. The first-order chi connectivity index (χ1) is 9.75. The van der Waals surface area contributed by atoms with Crippen molar-refractivity contribution in [1.82, 2.24) is 15.2 Å². The number of carbonyl (C=O) groups is 1. The van der Waals surface area contributed by atoms with Crippen molar-refractivity contribution >= 4 is 11.6 Å². The summed E-state index contributed by atoms with van der Waals surface area (Å²) in [5, 5.41) is 8.54. The topological polar surface area (TPSA) is 59.3 Å². The van der Waals surface area contributed by atoms with Gasteiger partial charge in [-0.25, -0.2) is 5.43 Å². The Balaban J connectivity index is 1.99. The summed E-state index contributed by atoms with van der Waals surface area (Å²) < 4.78 is 1.69. The maximum absolute atomic E-state index is 12.0. The van der Waals surface area contributed by atoms with Crippen molar-refractivity contribution in [3.63, 3.8) is 0 Å². The summed E-state index contributed by atoms with van der Waals surface area (Å²) in [5.74, 6) is -0.150. The van der Waals surface area contributed by atoms with Crippen LogP contribution in [-0.4, -0.2) is 21.4 Å². The normalized spacial score (nSPS) is 19.5. The van der Waals surface area contributed by atoms with Crippen molar-refractivity contribution < 1.29 is 4.79 Å². The van der Waals surface area contributed by atoms with Gasteiger partial charge in [0, 0.05) is 5.69 Å². The Kier molecular flexibility index (Phi) is 4.30. The SMILES string of the molecule is CC1=C/C(=N\NC(=O)Cn2nc(C)cc2C)CC(C)(C)C1. The van der Waals surface area contributed by atoms with E-state index in [1.165, 1.54) is 5.57 Å². The number of nitrogens with one attached hydrogen (secondary N) is 1. The van der Waals surface area contributed by atoms with E-state index in [1.807, 2.05) is 19.9 Å². The van der Waals surface area contributed by atoms with Crippen LogP contribution in [0.3, 0.4) is 0 Å². The highest BCUT2D eigenvalue weighted by atomic mass is 16.2. The molecule has 1 aliphatic carbocycles. The molecule has 1 aromatic heterocycles. The van der Waals surface area contributed by atoms with Crippen LogP contribution in [0.1, 0.15) is 45.0 Å². The summed E-state index contributed by atoms with van der Waals surface area (Å²) >= 11 is 0. The highest BCUT2D eigenvalue weighted by Crippen LogP contribution is 2.33. The number of aryl methyl sites for hydroxylation is 2. The second-order valence-electron chi connectivity index (χ2n) is 6.73. The van der Waals surface area contributed by atoms with Gasteiger partial charge in [-0.15, -0.1) is 0 Å². The lowest BCUT2D eigenvalue weighted by atomic mass is 9.77. The van der Waals surface area contributed by atoms with Gasteiger partial charge in [0.05, 0.1) is 11.4 Å². The summed E-state index contributed by atoms with van der Waals surface area (Å²) in [7, 11) is 0. The lowest BCUT2D eigenvalue weighted by molar-refractivity contribution is -0.121. The summed E-state index contributed by atoms with van der Waals surface area (Å²) in [6.45, 7) is 10.6. The minimum Gasteiger partial charge on any atom is -0.271 e. The smallest absolute Gasteiger partial charge is 0.261 e. The molecule has 1 N–H and O–H groups in total. The van der Waals surface area contributed by atoms with Crippen LogP contribution in [0.4, 0.5) is 0 Å². The average Bonchev–Trinajstić information content (AvgIpc) is 2.63. The molecule has 5 heteroatoms. The summed E-state index contributed by atoms with van der Waals surface area (Å²) in [5.41, 5.74) is 6.98. The molecule has 0 atom stereocenters. The number of amides is 1. The van der Waals surface area contributed by atoms with Crippen LogP contribution in [0.2, 0.25) is 0 Å². The molecule has 0 saturated carbocycles. The van der Waals surface area contributed by atoms with Crippen molar-refractivity contribution in [2.45, 2.75) is 54.0 Å². The number of carbonyl (C=O) groups excluding carboxylic acids is 1. The highest BCUT2D eigenvalue weighted by molar-refractivity contribution is 5.97. The molecule has 0 radical (unpaired) electrons. The molecular formula is C16H24N4O. The molecule has 5 nitrogen and oxygen atoms in total. The molecule has 114 valence electrons. The Morgan fingerprint density at radius 1 is 1.38 bits per heavy atom. The third kappa shape index (κ3) is 4.28. The van der Waals surface area contributed by atoms with Crippen LogP contribution in [0.15, 0.2) is 22.8 Å². The molecule has 0 aromatic carbocycles. The van der Waals surface area contributed by atoms with Gasteiger partial charge >= 0.3 is 0 Å². The molecule has 1 heterocycles. The fraction of sp³-hybridized carbons (Fsp3) is 0.562. The number of nitrogens with zero attached hydrogens (tertiary/aromatic N) is 3. The van der Waals surface area contributed by atoms with Crippen LogP contribution in [0.5, 0.6) is 0 Å². The molecule has 0 spiro atoms. The van der Waals surface area contributed by atoms with E-state index >= 15 is 0 Å². The third-order valence-corrected chi connectivity index (χ3v) is 3.55. The second-order valence-corrected chi connectivity index (χ2v) is 6.73. The lowest BCUT2D eigenvalue weighted by Crippen LogP contribution is -2.28. The van der Waals surface area contributed by atoms with Gasteiger partial charge in [0.25, 0.3) is 5.91 Å². The second kappa shape index (κ2) is 5.84. The summed E-state index contributed by atoms with van der Waals surface area (Å²) in [6.07, 6.45) is 4.02. The van der Waals surface area contributed by atoms with Crippen LogP contribution >= 0.6 is 0 Å². The van der Waals surface area contributed by atoms with Gasteiger partial charge in [-0.05, 0) is 51.2 Å². The Labute approximate surface area is 126 Å². The number of allylic oxidation sites excluding steroid dienone is 2. The number of hydrazone groups is 1. The van der Waals surface area contributed by atoms with Gasteiger partial charge in [-0.2, -0.15) is 10.2 Å². The van der Waals surface area contributed by atoms with Gasteiger partial charge in [-0.3, -0.25) is 9.48 Å². The maximum Gasteiger partial charge on any atom is 0.261 e. The highest BCUT2D eigenvalue weighted by Gasteiger charge is 2.24. The van der Waals surface area contributed by atoms with Crippen LogP contribution in [0, 0.1) is 19.3 Å². The van der Waals surface area contributed by atoms with E-state index in [0.29, 0.717) is 0 Å². The lowest BCUT2D eigenvalue weighted by Gasteiger charge is -2.29. The van der Waals surface area contributed by atoms with Crippen molar-refractivity contribution in [2.24, 2.45) is 10.5 Å². The van der Waals surface area contributed by atoms with Crippen molar-refractivity contribution in [2.75, 3.05) is 0 Å². The first-order valence-corrected chi connectivity index (χ1v) is 7.29. The van der Waals surface area contributed by atoms with Crippen molar-refractivity contribution in [3.05, 3.63) is 29.1 Å². The summed E-state index contributed by atoms with van der Waals surface area (Å²) in [4.78, 5) is 12.0. The summed E-state index contributed by atoms with van der Waals surface area (Å²) in [6, 6.07) is 1.95. The van der Waals surface area contributed by atoms with E-state index in [9.17, 15) is 4.79 Å². The van der Waals surface area contributed by atoms with E-state index in [4.69, 9.17) is 0 Å². The minimum atomic E-state index is -0.150. The van der Waals surface area contributed by atoms with Crippen LogP contribution in [0.25, 0.3) is 0 Å². The van der Waals surface area contributed by atoms with E-state index < -0.39 is 0 Å². The van der Waals surface area contributed by atoms with E-state index in [0.717, 1.165) is 29.9 Å². The molecule has 1 aliphatic rings. The number of aromatic nitrogens is 2. The van der Waals surface area contributed by atoms with Crippen molar-refractivity contribution in [1.29, 1.82) is 0 Å². The maximum atomic E-state index is 12.0. The van der Waals surface area contributed by atoms with E-state index in [1.54, 1.807) is 4.68 Å². The van der Waals surface area contributed by atoms with Gasteiger partial charge in [0.15, 0.2) is 0 Å². The van der Waals surface area contributed by atoms with Gasteiger partial charge in [-0.1, -0.05) is 19.4 Å². The number of hydrogen-bond acceptors (Lipinski definition) is 3. The standard InChI is InChI=1S/C16H24N4O/c1-11-6-14(9-16(4,5)8-11)17-18-15(21)10-20-13(3)7-12(2)19-20/h6-7H,8-10H2,1-5H3,(H,18,21)/b17-14+. The van der Waals surface area contributed by atoms with Crippen LogP contribution < -0.4 is 5.43 Å². The van der Waals surface area contributed by atoms with Gasteiger partial charge < -0.3 is 0 Å². The molecule has 0 fully saturated rings. The fourth-order valence-corrected chi connectivity index (χ4v) is 2.91. The first kappa shape index (κ1) is 15.5. The molecular weight excluding hydrogens is 264 g/mol. The van der Waals surface area contributed by atoms with Crippen LogP contribution in [-0.2, 0) is 11.3 Å². The molecule has 0 saturated heterocycles. The minimum absolute atomic E-state index is 0.150. The predicted molar refractivity (Wildman–Crippen MR) is 84.1 cm³/mol. The Hall–Kier alpha value is -1.91. The Morgan fingerprint density at radius 2 is 2.10 bits per heavy atom. The predicted octanol–water partition coefficient (Wildman–Crippen LogP) is 2.74. The fourth-order valence-electron chi connectivity index (χ4n) is 2.91. The Bertz CT molecular complexity index is 608. The van der Waals surface area contributed by atoms with Gasteiger partial charge in [0.2, 0.25) is 0 Å². The molecule has 1 aromatic rings. The van der Waals surface area contributed by atoms with E-state index in [-0.39, 0.29) is 17.9 Å². The monoisotopic (exact) mass is 288 g/mol. The zero-order valence-electron chi connectivity index (χ0n) is 13.5. The molecule has 0 bridgehead atoms. The average molecular weight is 288 g/mol. The number of rotatable bonds is 3. The van der Waals surface area contributed by atoms with Crippen molar-refractivity contribution in [3.8, 4) is 0 Å². The zero-order valence-corrected chi connectivity index (χ0v) is 13.5. The van der Waals surface area contributed by atoms with E-state index in [2.05, 4.69) is 42.5 Å². The molecule has 21 heavy (non-hydrogen) atoms. The first-order valence-electron chi connectivity index (χ1n) is 7.29. The Morgan fingerprint density at radius 3 is 2.67 bits per heavy atom. The molecule has 0 unspecified atom stereocenters.